The Morgan fingerprint density at radius 1 is 1.37 bits per heavy atom. The lowest BCUT2D eigenvalue weighted by Gasteiger charge is -2.27. The second-order valence-electron chi connectivity index (χ2n) is 5.81. The summed E-state index contributed by atoms with van der Waals surface area (Å²) < 4.78 is 5.13. The first-order valence-corrected chi connectivity index (χ1v) is 6.51. The highest BCUT2D eigenvalue weighted by molar-refractivity contribution is 5.91. The van der Waals surface area contributed by atoms with Crippen LogP contribution >= 0.6 is 0 Å². The maximum atomic E-state index is 12.4. The lowest BCUT2D eigenvalue weighted by atomic mass is 9.93. The molecule has 104 valence electrons. The molecule has 1 fully saturated rings. The van der Waals surface area contributed by atoms with Crippen LogP contribution < -0.4 is 10.1 Å². The minimum Gasteiger partial charge on any atom is -0.497 e. The number of carbonyl (C=O) groups excluding carboxylic acids is 1. The number of hydrogen-bond donors (Lipinski definition) is 2. The van der Waals surface area contributed by atoms with E-state index in [2.05, 4.69) is 5.32 Å². The number of rotatable bonds is 5. The third-order valence-electron chi connectivity index (χ3n) is 3.67. The topological polar surface area (TPSA) is 58.6 Å². The van der Waals surface area contributed by atoms with Gasteiger partial charge in [-0.2, -0.15) is 0 Å². The van der Waals surface area contributed by atoms with Crippen LogP contribution in [-0.2, 0) is 10.2 Å². The molecule has 2 rings (SSSR count). The van der Waals surface area contributed by atoms with Gasteiger partial charge in [0.25, 0.3) is 0 Å². The number of ether oxygens (including phenoxy) is 1. The van der Waals surface area contributed by atoms with Crippen molar-refractivity contribution < 1.29 is 14.6 Å². The van der Waals surface area contributed by atoms with Crippen molar-refractivity contribution in [1.29, 1.82) is 0 Å². The molecule has 0 radical (unpaired) electrons. The lowest BCUT2D eigenvalue weighted by Crippen LogP contribution is -2.50. The molecule has 0 aromatic heterocycles. The number of aliphatic hydroxyl groups excluding tert-OH is 1. The fourth-order valence-corrected chi connectivity index (χ4v) is 2.15. The molecule has 1 amide bonds. The maximum Gasteiger partial charge on any atom is 0.231 e. The Kier molecular flexibility index (Phi) is 3.54. The summed E-state index contributed by atoms with van der Waals surface area (Å²) in [6.07, 6.45) is 1.71. The summed E-state index contributed by atoms with van der Waals surface area (Å²) in [4.78, 5) is 12.4. The zero-order valence-electron chi connectivity index (χ0n) is 11.7. The highest BCUT2D eigenvalue weighted by atomic mass is 16.5. The van der Waals surface area contributed by atoms with Gasteiger partial charge in [0.05, 0.1) is 24.7 Å². The first-order chi connectivity index (χ1) is 8.93. The molecule has 0 saturated heterocycles. The van der Waals surface area contributed by atoms with Crippen LogP contribution in [-0.4, -0.2) is 30.3 Å². The molecule has 0 spiro atoms. The van der Waals surface area contributed by atoms with Gasteiger partial charge in [-0.3, -0.25) is 4.79 Å². The number of amides is 1. The van der Waals surface area contributed by atoms with E-state index in [9.17, 15) is 9.90 Å². The van der Waals surface area contributed by atoms with Crippen molar-refractivity contribution in [3.05, 3.63) is 29.8 Å². The smallest absolute Gasteiger partial charge is 0.231 e. The van der Waals surface area contributed by atoms with E-state index >= 15 is 0 Å². The van der Waals surface area contributed by atoms with E-state index in [0.717, 1.165) is 24.2 Å². The zero-order valence-corrected chi connectivity index (χ0v) is 11.7. The average Bonchev–Trinajstić information content (AvgIpc) is 3.20. The second kappa shape index (κ2) is 4.85. The number of methoxy groups -OCH3 is 1. The molecule has 1 aliphatic rings. The third kappa shape index (κ3) is 2.73. The number of aliphatic hydroxyl groups is 1. The van der Waals surface area contributed by atoms with Gasteiger partial charge in [0, 0.05) is 0 Å². The van der Waals surface area contributed by atoms with Gasteiger partial charge >= 0.3 is 0 Å². The Balaban J connectivity index is 2.16. The van der Waals surface area contributed by atoms with E-state index < -0.39 is 11.0 Å². The second-order valence-corrected chi connectivity index (χ2v) is 5.81. The average molecular weight is 263 g/mol. The van der Waals surface area contributed by atoms with Gasteiger partial charge < -0.3 is 15.2 Å². The van der Waals surface area contributed by atoms with E-state index in [1.807, 2.05) is 38.1 Å². The molecule has 0 bridgehead atoms. The van der Waals surface area contributed by atoms with Crippen molar-refractivity contribution in [2.75, 3.05) is 13.7 Å². The Morgan fingerprint density at radius 2 is 1.95 bits per heavy atom. The maximum absolute atomic E-state index is 12.4. The van der Waals surface area contributed by atoms with E-state index in [1.165, 1.54) is 0 Å². The largest absolute Gasteiger partial charge is 0.497 e. The Hall–Kier alpha value is -1.55. The van der Waals surface area contributed by atoms with E-state index in [4.69, 9.17) is 4.74 Å². The predicted molar refractivity (Wildman–Crippen MR) is 73.2 cm³/mol. The summed E-state index contributed by atoms with van der Waals surface area (Å²) in [5, 5.41) is 12.2. The highest BCUT2D eigenvalue weighted by Gasteiger charge is 2.52. The molecule has 0 aliphatic heterocycles. The number of benzene rings is 1. The monoisotopic (exact) mass is 263 g/mol. The first kappa shape index (κ1) is 13.9. The minimum atomic E-state index is -0.584. The Labute approximate surface area is 113 Å². The fraction of sp³-hybridized carbons (Fsp3) is 0.533. The molecule has 1 aromatic rings. The van der Waals surface area contributed by atoms with Gasteiger partial charge in [-0.1, -0.05) is 12.1 Å². The van der Waals surface area contributed by atoms with Gasteiger partial charge in [0.15, 0.2) is 0 Å². The van der Waals surface area contributed by atoms with Crippen molar-refractivity contribution in [1.82, 2.24) is 5.32 Å². The highest BCUT2D eigenvalue weighted by Crippen LogP contribution is 2.48. The lowest BCUT2D eigenvalue weighted by molar-refractivity contribution is -0.125. The van der Waals surface area contributed by atoms with E-state index in [1.54, 1.807) is 7.11 Å². The van der Waals surface area contributed by atoms with E-state index in [-0.39, 0.29) is 12.5 Å². The number of carbonyl (C=O) groups is 1. The SMILES string of the molecule is COc1ccc(C2(C(=O)NC(C)(C)CO)CC2)cc1. The summed E-state index contributed by atoms with van der Waals surface area (Å²) in [7, 11) is 1.62. The summed E-state index contributed by atoms with van der Waals surface area (Å²) in [6, 6.07) is 7.63. The van der Waals surface area contributed by atoms with Crippen LogP contribution in [0.5, 0.6) is 5.75 Å². The standard InChI is InChI=1S/C15H21NO3/c1-14(2,10-17)16-13(18)15(8-9-15)11-4-6-12(19-3)7-5-11/h4-7,17H,8-10H2,1-3H3,(H,16,18). The quantitative estimate of drug-likeness (QED) is 0.848. The van der Waals surface area contributed by atoms with Crippen molar-refractivity contribution in [3.8, 4) is 5.75 Å². The third-order valence-corrected chi connectivity index (χ3v) is 3.67. The summed E-state index contributed by atoms with van der Waals surface area (Å²) >= 11 is 0. The van der Waals surface area contributed by atoms with Gasteiger partial charge in [0.2, 0.25) is 5.91 Å². The normalized spacial score (nSPS) is 16.8. The van der Waals surface area contributed by atoms with Gasteiger partial charge in [-0.25, -0.2) is 0 Å². The van der Waals surface area contributed by atoms with Crippen LogP contribution in [0.4, 0.5) is 0 Å². The van der Waals surface area contributed by atoms with Crippen LogP contribution in [0.15, 0.2) is 24.3 Å². The van der Waals surface area contributed by atoms with Crippen LogP contribution in [0.2, 0.25) is 0 Å². The van der Waals surface area contributed by atoms with Crippen molar-refractivity contribution >= 4 is 5.91 Å². The van der Waals surface area contributed by atoms with Gasteiger partial charge in [-0.15, -0.1) is 0 Å². The fourth-order valence-electron chi connectivity index (χ4n) is 2.15. The van der Waals surface area contributed by atoms with Crippen LogP contribution in [0.3, 0.4) is 0 Å². The molecule has 1 aromatic carbocycles. The predicted octanol–water partition coefficient (Wildman–Crippen LogP) is 1.61. The molecular weight excluding hydrogens is 242 g/mol. The molecule has 2 N–H and O–H groups in total. The molecule has 1 saturated carbocycles. The Morgan fingerprint density at radius 3 is 2.37 bits per heavy atom. The molecule has 1 aliphatic carbocycles. The Bertz CT molecular complexity index is 461. The summed E-state index contributed by atoms with van der Waals surface area (Å²) in [5.41, 5.74) is 0.0113. The molecule has 0 unspecified atom stereocenters. The van der Waals surface area contributed by atoms with Gasteiger partial charge in [0.1, 0.15) is 5.75 Å². The summed E-state index contributed by atoms with van der Waals surface area (Å²) in [6.45, 7) is 3.56. The number of nitrogens with one attached hydrogen (secondary N) is 1. The first-order valence-electron chi connectivity index (χ1n) is 6.51. The molecule has 19 heavy (non-hydrogen) atoms. The van der Waals surface area contributed by atoms with Gasteiger partial charge in [-0.05, 0) is 44.4 Å². The van der Waals surface area contributed by atoms with Crippen LogP contribution in [0, 0.1) is 0 Å². The van der Waals surface area contributed by atoms with Crippen LogP contribution in [0.25, 0.3) is 0 Å². The van der Waals surface area contributed by atoms with Crippen molar-refractivity contribution in [2.45, 2.75) is 37.6 Å². The molecule has 4 nitrogen and oxygen atoms in total. The zero-order chi connectivity index (χ0) is 14.1. The molecule has 0 heterocycles. The molecule has 0 atom stereocenters. The molecular formula is C15H21NO3. The van der Waals surface area contributed by atoms with E-state index in [0.29, 0.717) is 0 Å². The number of hydrogen-bond acceptors (Lipinski definition) is 3. The van der Waals surface area contributed by atoms with Crippen LogP contribution in [0.1, 0.15) is 32.3 Å². The van der Waals surface area contributed by atoms with Crippen molar-refractivity contribution in [3.63, 3.8) is 0 Å². The minimum absolute atomic E-state index is 0.00304. The summed E-state index contributed by atoms with van der Waals surface area (Å²) in [5.74, 6) is 0.785. The van der Waals surface area contributed by atoms with Crippen molar-refractivity contribution in [2.24, 2.45) is 0 Å². The molecule has 4 heteroatoms.